The number of carbonyl (C=O) groups is 1. The van der Waals surface area contributed by atoms with Gasteiger partial charge in [0, 0.05) is 17.7 Å². The van der Waals surface area contributed by atoms with Crippen molar-refractivity contribution in [2.24, 2.45) is 0 Å². The molecule has 0 aliphatic heterocycles. The van der Waals surface area contributed by atoms with Gasteiger partial charge in [0.05, 0.1) is 12.3 Å². The maximum Gasteiger partial charge on any atom is 0.267 e. The minimum absolute atomic E-state index is 0.0554. The van der Waals surface area contributed by atoms with Gasteiger partial charge in [-0.15, -0.1) is 0 Å². The number of amides is 1. The summed E-state index contributed by atoms with van der Waals surface area (Å²) in [6.07, 6.45) is 6.79. The Morgan fingerprint density at radius 3 is 2.48 bits per heavy atom. The average Bonchev–Trinajstić information content (AvgIpc) is 2.93. The summed E-state index contributed by atoms with van der Waals surface area (Å²) >= 11 is 0. The van der Waals surface area contributed by atoms with Gasteiger partial charge in [-0.05, 0) is 50.1 Å². The van der Waals surface area contributed by atoms with Crippen molar-refractivity contribution in [2.45, 2.75) is 58.0 Å². The highest BCUT2D eigenvalue weighted by molar-refractivity contribution is 5.76. The number of hydrogen-bond acceptors (Lipinski definition) is 4. The van der Waals surface area contributed by atoms with Gasteiger partial charge in [0.15, 0.2) is 0 Å². The van der Waals surface area contributed by atoms with Crippen LogP contribution in [-0.2, 0) is 11.3 Å². The molecule has 0 saturated heterocycles. The lowest BCUT2D eigenvalue weighted by atomic mass is 10.1. The van der Waals surface area contributed by atoms with Gasteiger partial charge in [-0.1, -0.05) is 25.7 Å². The van der Waals surface area contributed by atoms with Crippen LogP contribution in [0.3, 0.4) is 0 Å². The van der Waals surface area contributed by atoms with Crippen LogP contribution in [0.15, 0.2) is 41.2 Å². The minimum Gasteiger partial charge on any atom is -0.494 e. The van der Waals surface area contributed by atoms with Gasteiger partial charge in [-0.2, -0.15) is 5.10 Å². The molecule has 6 heteroatoms. The Bertz CT molecular complexity index is 806. The lowest BCUT2D eigenvalue weighted by molar-refractivity contribution is -0.122. The number of carbonyl (C=O) groups excluding carboxylic acids is 1. The predicted molar refractivity (Wildman–Crippen MR) is 105 cm³/mol. The lowest BCUT2D eigenvalue weighted by Crippen LogP contribution is -2.39. The summed E-state index contributed by atoms with van der Waals surface area (Å²) in [7, 11) is 0. The van der Waals surface area contributed by atoms with Crippen molar-refractivity contribution in [1.82, 2.24) is 15.1 Å². The molecule has 0 radical (unpaired) electrons. The second-order valence-corrected chi connectivity index (χ2v) is 6.93. The Morgan fingerprint density at radius 1 is 1.11 bits per heavy atom. The lowest BCUT2D eigenvalue weighted by Gasteiger charge is -2.16. The smallest absolute Gasteiger partial charge is 0.267 e. The molecule has 1 fully saturated rings. The second-order valence-electron chi connectivity index (χ2n) is 6.93. The van der Waals surface area contributed by atoms with Gasteiger partial charge in [0.25, 0.3) is 5.56 Å². The molecule has 1 N–H and O–H groups in total. The van der Waals surface area contributed by atoms with Crippen molar-refractivity contribution < 1.29 is 9.53 Å². The molecule has 27 heavy (non-hydrogen) atoms. The van der Waals surface area contributed by atoms with Crippen molar-refractivity contribution in [3.05, 3.63) is 46.8 Å². The Kier molecular flexibility index (Phi) is 6.63. The van der Waals surface area contributed by atoms with E-state index in [1.54, 1.807) is 6.07 Å². The van der Waals surface area contributed by atoms with Crippen LogP contribution in [0.4, 0.5) is 0 Å². The first kappa shape index (κ1) is 19.1. The first-order valence-electron chi connectivity index (χ1n) is 9.76. The van der Waals surface area contributed by atoms with E-state index in [0.29, 0.717) is 12.3 Å². The highest BCUT2D eigenvalue weighted by atomic mass is 16.5. The van der Waals surface area contributed by atoms with Gasteiger partial charge in [0.2, 0.25) is 5.91 Å². The number of aromatic nitrogens is 2. The Balaban J connectivity index is 1.69. The number of nitrogens with one attached hydrogen (secondary N) is 1. The molecule has 2 aromatic rings. The fraction of sp³-hybridized carbons (Fsp3) is 0.476. The third-order valence-corrected chi connectivity index (χ3v) is 4.84. The Labute approximate surface area is 159 Å². The number of benzene rings is 1. The summed E-state index contributed by atoms with van der Waals surface area (Å²) in [5, 5.41) is 7.43. The van der Waals surface area contributed by atoms with E-state index in [1.807, 2.05) is 31.2 Å². The zero-order chi connectivity index (χ0) is 19.1. The van der Waals surface area contributed by atoms with Crippen molar-refractivity contribution >= 4 is 5.91 Å². The molecule has 1 amide bonds. The Hall–Kier alpha value is -2.63. The topological polar surface area (TPSA) is 73.2 Å². The molecule has 6 nitrogen and oxygen atoms in total. The zero-order valence-electron chi connectivity index (χ0n) is 15.8. The van der Waals surface area contributed by atoms with Gasteiger partial charge in [0.1, 0.15) is 12.3 Å². The summed E-state index contributed by atoms with van der Waals surface area (Å²) in [6.45, 7) is 2.49. The third kappa shape index (κ3) is 5.42. The van der Waals surface area contributed by atoms with Crippen LogP contribution in [0, 0.1) is 0 Å². The quantitative estimate of drug-likeness (QED) is 0.794. The molecule has 0 unspecified atom stereocenters. The molecule has 1 aliphatic carbocycles. The molecule has 3 rings (SSSR count). The van der Waals surface area contributed by atoms with Crippen LogP contribution in [-0.4, -0.2) is 28.3 Å². The minimum atomic E-state index is -0.277. The zero-order valence-corrected chi connectivity index (χ0v) is 15.8. The molecular formula is C21H27N3O3. The SMILES string of the molecule is CCOc1ccc(-c2ccc(=O)n(CC(=O)NC3CCCCCC3)n2)cc1. The monoisotopic (exact) mass is 369 g/mol. The van der Waals surface area contributed by atoms with E-state index in [9.17, 15) is 9.59 Å². The largest absolute Gasteiger partial charge is 0.494 e. The van der Waals surface area contributed by atoms with Gasteiger partial charge in [-0.25, -0.2) is 4.68 Å². The van der Waals surface area contributed by atoms with Crippen molar-refractivity contribution in [2.75, 3.05) is 6.61 Å². The van der Waals surface area contributed by atoms with E-state index in [4.69, 9.17) is 4.74 Å². The predicted octanol–water partition coefficient (Wildman–Crippen LogP) is 3.15. The van der Waals surface area contributed by atoms with Crippen molar-refractivity contribution in [3.63, 3.8) is 0 Å². The van der Waals surface area contributed by atoms with Gasteiger partial charge in [-0.3, -0.25) is 9.59 Å². The van der Waals surface area contributed by atoms with E-state index >= 15 is 0 Å². The van der Waals surface area contributed by atoms with Crippen molar-refractivity contribution in [3.8, 4) is 17.0 Å². The van der Waals surface area contributed by atoms with Crippen molar-refractivity contribution in [1.29, 1.82) is 0 Å². The molecular weight excluding hydrogens is 342 g/mol. The maximum atomic E-state index is 12.4. The standard InChI is InChI=1S/C21H27N3O3/c1-2-27-18-11-9-16(10-12-18)19-13-14-21(26)24(23-19)15-20(25)22-17-7-5-3-4-6-8-17/h9-14,17H,2-8,15H2,1H3,(H,22,25). The molecule has 1 aromatic heterocycles. The van der Waals surface area contributed by atoms with Crippen LogP contribution in [0.2, 0.25) is 0 Å². The maximum absolute atomic E-state index is 12.4. The van der Waals surface area contributed by atoms with Crippen LogP contribution < -0.4 is 15.6 Å². The summed E-state index contributed by atoms with van der Waals surface area (Å²) < 4.78 is 6.68. The van der Waals surface area contributed by atoms with Crippen LogP contribution in [0.5, 0.6) is 5.75 Å². The molecule has 0 bridgehead atoms. The number of ether oxygens (including phenoxy) is 1. The number of rotatable bonds is 6. The molecule has 0 spiro atoms. The van der Waals surface area contributed by atoms with E-state index in [-0.39, 0.29) is 24.1 Å². The number of nitrogens with zero attached hydrogens (tertiary/aromatic N) is 2. The van der Waals surface area contributed by atoms with Gasteiger partial charge >= 0.3 is 0 Å². The highest BCUT2D eigenvalue weighted by Crippen LogP contribution is 2.20. The van der Waals surface area contributed by atoms with E-state index in [2.05, 4.69) is 10.4 Å². The molecule has 1 aliphatic rings. The van der Waals surface area contributed by atoms with E-state index in [1.165, 1.54) is 23.6 Å². The summed E-state index contributed by atoms with van der Waals surface area (Å²) in [6, 6.07) is 10.9. The van der Waals surface area contributed by atoms with Crippen LogP contribution >= 0.6 is 0 Å². The molecule has 1 saturated carbocycles. The van der Waals surface area contributed by atoms with Gasteiger partial charge < -0.3 is 10.1 Å². The fourth-order valence-electron chi connectivity index (χ4n) is 3.44. The molecule has 1 aromatic carbocycles. The average molecular weight is 369 g/mol. The molecule has 144 valence electrons. The normalized spacial score (nSPS) is 15.1. The third-order valence-electron chi connectivity index (χ3n) is 4.84. The number of hydrogen-bond donors (Lipinski definition) is 1. The first-order chi connectivity index (χ1) is 13.2. The first-order valence-corrected chi connectivity index (χ1v) is 9.76. The second kappa shape index (κ2) is 9.35. The van der Waals surface area contributed by atoms with Crippen LogP contribution in [0.25, 0.3) is 11.3 Å². The van der Waals surface area contributed by atoms with Crippen LogP contribution in [0.1, 0.15) is 45.4 Å². The molecule has 1 heterocycles. The summed E-state index contributed by atoms with van der Waals surface area (Å²) in [4.78, 5) is 24.5. The summed E-state index contributed by atoms with van der Waals surface area (Å²) in [5.74, 6) is 0.637. The molecule has 0 atom stereocenters. The van der Waals surface area contributed by atoms with E-state index in [0.717, 1.165) is 37.0 Å². The highest BCUT2D eigenvalue weighted by Gasteiger charge is 2.15. The summed E-state index contributed by atoms with van der Waals surface area (Å²) in [5.41, 5.74) is 1.25. The Morgan fingerprint density at radius 2 is 1.81 bits per heavy atom. The fourth-order valence-corrected chi connectivity index (χ4v) is 3.44. The van der Waals surface area contributed by atoms with E-state index < -0.39 is 0 Å².